The number of hydrogen-bond donors (Lipinski definition) is 0. The van der Waals surface area contributed by atoms with E-state index in [9.17, 15) is 0 Å². The Balaban J connectivity index is 1.76. The monoisotopic (exact) mass is 490 g/mol. The van der Waals surface area contributed by atoms with Crippen molar-refractivity contribution in [3.05, 3.63) is 108 Å². The highest BCUT2D eigenvalue weighted by molar-refractivity contribution is 9.19. The van der Waals surface area contributed by atoms with Crippen molar-refractivity contribution in [2.75, 3.05) is 0 Å². The zero-order valence-corrected chi connectivity index (χ0v) is 20.4. The summed E-state index contributed by atoms with van der Waals surface area (Å²) in [6.07, 6.45) is 0. The van der Waals surface area contributed by atoms with Crippen molar-refractivity contribution in [3.63, 3.8) is 0 Å². The zero-order valence-electron chi connectivity index (χ0n) is 14.6. The Hall–Kier alpha value is -0.590. The van der Waals surface area contributed by atoms with Crippen LogP contribution in [0, 0.1) is 0 Å². The van der Waals surface area contributed by atoms with E-state index in [2.05, 4.69) is 0 Å². The molecular weight excluding hydrogens is 476 g/mol. The fourth-order valence-electron chi connectivity index (χ4n) is 2.14. The molecule has 3 rings (SSSR count). The van der Waals surface area contributed by atoms with E-state index in [1.807, 2.05) is 91.0 Å². The summed E-state index contributed by atoms with van der Waals surface area (Å²) in [7, 11) is 0. The third-order valence-corrected chi connectivity index (χ3v) is 14.7. The standard InChI is InChI=1S/C21H15PS6/c23-19(16-10-4-1-5-11-16)26-22(27-20(24)17-12-6-2-7-13-17)28-21(25)18-14-8-3-9-15-18/h1-15H. The first-order valence-electron chi connectivity index (χ1n) is 8.25. The van der Waals surface area contributed by atoms with Crippen molar-refractivity contribution in [1.82, 2.24) is 0 Å². The van der Waals surface area contributed by atoms with E-state index in [0.717, 1.165) is 29.3 Å². The summed E-state index contributed by atoms with van der Waals surface area (Å²) in [6, 6.07) is 30.3. The van der Waals surface area contributed by atoms with Crippen LogP contribution in [0.1, 0.15) is 16.7 Å². The quantitative estimate of drug-likeness (QED) is 0.249. The maximum Gasteiger partial charge on any atom is 0.0901 e. The summed E-state index contributed by atoms with van der Waals surface area (Å²) in [5.41, 5.74) is 2.46. The summed E-state index contributed by atoms with van der Waals surface area (Å²) >= 11 is 22.2. The third-order valence-electron chi connectivity index (χ3n) is 3.50. The van der Waals surface area contributed by atoms with Gasteiger partial charge in [0.1, 0.15) is 0 Å². The molecule has 28 heavy (non-hydrogen) atoms. The van der Waals surface area contributed by atoms with Crippen molar-refractivity contribution in [2.45, 2.75) is 0 Å². The molecule has 0 heterocycles. The summed E-state index contributed by atoms with van der Waals surface area (Å²) in [5, 5.41) is 0. The van der Waals surface area contributed by atoms with Gasteiger partial charge in [0.15, 0.2) is 0 Å². The van der Waals surface area contributed by atoms with E-state index < -0.39 is 5.53 Å². The number of thiocarbonyl (C=S) groups is 3. The van der Waals surface area contributed by atoms with Crippen molar-refractivity contribution < 1.29 is 0 Å². The molecule has 0 unspecified atom stereocenters. The molecule has 3 aromatic rings. The molecule has 0 fully saturated rings. The van der Waals surface area contributed by atoms with Gasteiger partial charge >= 0.3 is 0 Å². The lowest BCUT2D eigenvalue weighted by Crippen LogP contribution is -1.93. The van der Waals surface area contributed by atoms with Gasteiger partial charge in [0.2, 0.25) is 0 Å². The summed E-state index contributed by atoms with van der Waals surface area (Å²) in [5.74, 6) is 0. The van der Waals surface area contributed by atoms with Gasteiger partial charge in [-0.3, -0.25) is 0 Å². The Morgan fingerprint density at radius 3 is 0.964 bits per heavy atom. The van der Waals surface area contributed by atoms with Crippen molar-refractivity contribution in [3.8, 4) is 0 Å². The average Bonchev–Trinajstić information content (AvgIpc) is 2.75. The second kappa shape index (κ2) is 11.6. The first-order chi connectivity index (χ1) is 13.6. The molecule has 0 spiro atoms. The molecule has 0 atom stereocenters. The van der Waals surface area contributed by atoms with Crippen LogP contribution in [-0.4, -0.2) is 12.6 Å². The van der Waals surface area contributed by atoms with Gasteiger partial charge < -0.3 is 0 Å². The maximum absolute atomic E-state index is 5.70. The van der Waals surface area contributed by atoms with Crippen LogP contribution < -0.4 is 0 Å². The van der Waals surface area contributed by atoms with Gasteiger partial charge in [0.05, 0.1) is 18.1 Å². The van der Waals surface area contributed by atoms with Crippen LogP contribution in [0.2, 0.25) is 0 Å². The first kappa shape index (κ1) is 22.1. The lowest BCUT2D eigenvalue weighted by Gasteiger charge is -2.17. The molecule has 0 N–H and O–H groups in total. The molecule has 0 aliphatic rings. The van der Waals surface area contributed by atoms with Gasteiger partial charge in [-0.25, -0.2) is 0 Å². The van der Waals surface area contributed by atoms with E-state index >= 15 is 0 Å². The van der Waals surface area contributed by atoms with E-state index in [-0.39, 0.29) is 0 Å². The highest BCUT2D eigenvalue weighted by Crippen LogP contribution is 2.72. The Morgan fingerprint density at radius 1 is 0.464 bits per heavy atom. The van der Waals surface area contributed by atoms with Gasteiger partial charge in [-0.1, -0.05) is 162 Å². The van der Waals surface area contributed by atoms with Crippen LogP contribution in [0.4, 0.5) is 0 Å². The molecule has 7 heteroatoms. The molecule has 0 bridgehead atoms. The summed E-state index contributed by atoms with van der Waals surface area (Å²) < 4.78 is 2.62. The lowest BCUT2D eigenvalue weighted by atomic mass is 10.2. The Bertz CT molecular complexity index is 817. The zero-order chi connectivity index (χ0) is 19.8. The van der Waals surface area contributed by atoms with E-state index in [1.165, 1.54) is 0 Å². The number of benzene rings is 3. The first-order valence-corrected chi connectivity index (χ1v) is 15.1. The Labute approximate surface area is 195 Å². The topological polar surface area (TPSA) is 0 Å². The molecule has 0 radical (unpaired) electrons. The normalized spacial score (nSPS) is 10.6. The van der Waals surface area contributed by atoms with Crippen LogP contribution in [-0.2, 0) is 0 Å². The molecule has 0 aliphatic heterocycles. The third kappa shape index (κ3) is 6.74. The Kier molecular flexibility index (Phi) is 9.12. The molecule has 0 aliphatic carbocycles. The van der Waals surface area contributed by atoms with Crippen molar-refractivity contribution >= 4 is 88.9 Å². The van der Waals surface area contributed by atoms with Gasteiger partial charge in [0, 0.05) is 0 Å². The van der Waals surface area contributed by atoms with Crippen LogP contribution in [0.25, 0.3) is 0 Å². The van der Waals surface area contributed by atoms with Crippen LogP contribution in [0.5, 0.6) is 0 Å². The fraction of sp³-hybridized carbons (Fsp3) is 0. The van der Waals surface area contributed by atoms with Crippen LogP contribution >= 0.6 is 76.3 Å². The molecule has 3 aromatic carbocycles. The average molecular weight is 491 g/mol. The van der Waals surface area contributed by atoms with E-state index in [0.29, 0.717) is 0 Å². The highest BCUT2D eigenvalue weighted by atomic mass is 33.4. The second-order valence-corrected chi connectivity index (χ2v) is 16.7. The van der Waals surface area contributed by atoms with Crippen LogP contribution in [0.15, 0.2) is 91.0 Å². The molecule has 0 saturated carbocycles. The van der Waals surface area contributed by atoms with Gasteiger partial charge in [0.25, 0.3) is 0 Å². The smallest absolute Gasteiger partial charge is 0.0715 e. The van der Waals surface area contributed by atoms with Gasteiger partial charge in [-0.2, -0.15) is 0 Å². The molecule has 0 aromatic heterocycles. The second-order valence-electron chi connectivity index (χ2n) is 5.46. The van der Waals surface area contributed by atoms with Gasteiger partial charge in [-0.05, 0) is 16.7 Å². The van der Waals surface area contributed by atoms with Gasteiger partial charge in [-0.15, -0.1) is 0 Å². The highest BCUT2D eigenvalue weighted by Gasteiger charge is 2.21. The minimum Gasteiger partial charge on any atom is -0.0715 e. The Morgan fingerprint density at radius 2 is 0.714 bits per heavy atom. The predicted molar refractivity (Wildman–Crippen MR) is 144 cm³/mol. The van der Waals surface area contributed by atoms with Crippen molar-refractivity contribution in [2.24, 2.45) is 0 Å². The van der Waals surface area contributed by atoms with E-state index in [4.69, 9.17) is 36.7 Å². The SMILES string of the molecule is S=C(SP(SC(=S)c1ccccc1)SC(=S)c1ccccc1)c1ccccc1. The van der Waals surface area contributed by atoms with Crippen LogP contribution in [0.3, 0.4) is 0 Å². The number of hydrogen-bond acceptors (Lipinski definition) is 6. The predicted octanol–water partition coefficient (Wildman–Crippen LogP) is 8.54. The summed E-state index contributed by atoms with van der Waals surface area (Å²) in [6.45, 7) is 0. The minimum absolute atomic E-state index is 0.723. The summed E-state index contributed by atoms with van der Waals surface area (Å²) in [4.78, 5) is 0. The molecule has 0 saturated heterocycles. The molecular formula is C21H15PS6. The van der Waals surface area contributed by atoms with Crippen molar-refractivity contribution in [1.29, 1.82) is 0 Å². The minimum atomic E-state index is -0.723. The van der Waals surface area contributed by atoms with E-state index in [1.54, 1.807) is 34.1 Å². The largest absolute Gasteiger partial charge is 0.0901 e. The fourth-order valence-corrected chi connectivity index (χ4v) is 15.9. The maximum atomic E-state index is 5.70. The molecule has 0 nitrogen and oxygen atoms in total. The number of rotatable bonds is 6. The molecule has 140 valence electrons. The lowest BCUT2D eigenvalue weighted by molar-refractivity contribution is 1.69. The molecule has 0 amide bonds.